The van der Waals surface area contributed by atoms with Gasteiger partial charge in [0.2, 0.25) is 0 Å². The monoisotopic (exact) mass is 304 g/mol. The zero-order valence-corrected chi connectivity index (χ0v) is 12.9. The van der Waals surface area contributed by atoms with Gasteiger partial charge in [0, 0.05) is 16.8 Å². The number of anilines is 2. The summed E-state index contributed by atoms with van der Waals surface area (Å²) in [4.78, 5) is 20.3. The molecule has 6 heteroatoms. The Morgan fingerprint density at radius 3 is 2.57 bits per heavy atom. The molecule has 110 valence electrons. The van der Waals surface area contributed by atoms with E-state index in [-0.39, 0.29) is 17.6 Å². The highest BCUT2D eigenvalue weighted by Crippen LogP contribution is 2.20. The Labute approximate surface area is 128 Å². The minimum absolute atomic E-state index is 0.251. The molecule has 2 N–H and O–H groups in total. The van der Waals surface area contributed by atoms with Gasteiger partial charge in [0.1, 0.15) is 11.5 Å². The first-order chi connectivity index (χ1) is 9.95. The predicted octanol–water partition coefficient (Wildman–Crippen LogP) is 3.51. The molecule has 2 rings (SSSR count). The number of nitrogens with one attached hydrogen (secondary N) is 2. The van der Waals surface area contributed by atoms with Crippen LogP contribution >= 0.6 is 11.6 Å². The summed E-state index contributed by atoms with van der Waals surface area (Å²) < 4.78 is 0. The van der Waals surface area contributed by atoms with Crippen molar-refractivity contribution in [2.75, 3.05) is 10.6 Å². The van der Waals surface area contributed by atoms with Crippen molar-refractivity contribution in [3.63, 3.8) is 0 Å². The van der Waals surface area contributed by atoms with Crippen LogP contribution in [0.5, 0.6) is 0 Å². The van der Waals surface area contributed by atoms with Crippen molar-refractivity contribution in [1.29, 1.82) is 0 Å². The van der Waals surface area contributed by atoms with Crippen LogP contribution in [0.15, 0.2) is 30.6 Å². The molecule has 0 aliphatic rings. The van der Waals surface area contributed by atoms with Crippen molar-refractivity contribution in [3.8, 4) is 0 Å². The number of hydrogen-bond acceptors (Lipinski definition) is 4. The van der Waals surface area contributed by atoms with Crippen LogP contribution in [0, 0.1) is 6.92 Å². The molecule has 2 aromatic rings. The van der Waals surface area contributed by atoms with Gasteiger partial charge in [-0.25, -0.2) is 9.97 Å². The number of halogens is 1. The minimum Gasteiger partial charge on any atom is -0.367 e. The van der Waals surface area contributed by atoms with Crippen molar-refractivity contribution in [3.05, 3.63) is 46.9 Å². The smallest absolute Gasteiger partial charge is 0.275 e. The first kappa shape index (κ1) is 15.3. The van der Waals surface area contributed by atoms with Gasteiger partial charge in [-0.15, -0.1) is 0 Å². The molecule has 0 aliphatic heterocycles. The number of rotatable bonds is 4. The summed E-state index contributed by atoms with van der Waals surface area (Å²) >= 11 is 6.02. The van der Waals surface area contributed by atoms with Crippen LogP contribution in [0.1, 0.15) is 29.9 Å². The van der Waals surface area contributed by atoms with Gasteiger partial charge >= 0.3 is 0 Å². The average Bonchev–Trinajstić information content (AvgIpc) is 2.43. The van der Waals surface area contributed by atoms with Crippen molar-refractivity contribution in [2.24, 2.45) is 0 Å². The highest BCUT2D eigenvalue weighted by Gasteiger charge is 2.09. The van der Waals surface area contributed by atoms with E-state index in [9.17, 15) is 4.79 Å². The third-order valence-electron chi connectivity index (χ3n) is 2.75. The molecule has 0 saturated heterocycles. The van der Waals surface area contributed by atoms with E-state index in [1.807, 2.05) is 26.8 Å². The minimum atomic E-state index is -0.321. The van der Waals surface area contributed by atoms with Crippen LogP contribution in [0.2, 0.25) is 5.02 Å². The van der Waals surface area contributed by atoms with E-state index in [1.54, 1.807) is 12.1 Å². The number of carbonyl (C=O) groups excluding carboxylic acids is 1. The Bertz CT molecular complexity index is 641. The summed E-state index contributed by atoms with van der Waals surface area (Å²) in [7, 11) is 0. The van der Waals surface area contributed by atoms with E-state index in [0.29, 0.717) is 16.5 Å². The topological polar surface area (TPSA) is 66.9 Å². The number of aryl methyl sites for hydroxylation is 1. The molecule has 0 atom stereocenters. The lowest BCUT2D eigenvalue weighted by molar-refractivity contribution is 0.102. The molecule has 0 fully saturated rings. The van der Waals surface area contributed by atoms with Crippen molar-refractivity contribution < 1.29 is 4.79 Å². The largest absolute Gasteiger partial charge is 0.367 e. The maximum atomic E-state index is 12.1. The van der Waals surface area contributed by atoms with Gasteiger partial charge in [0.05, 0.1) is 12.4 Å². The first-order valence-electron chi connectivity index (χ1n) is 6.62. The van der Waals surface area contributed by atoms with Crippen molar-refractivity contribution in [2.45, 2.75) is 26.8 Å². The second-order valence-electron chi connectivity index (χ2n) is 5.00. The molecular weight excluding hydrogens is 288 g/mol. The molecule has 0 radical (unpaired) electrons. The normalized spacial score (nSPS) is 10.5. The molecular formula is C15H17ClN4O. The molecule has 1 heterocycles. The summed E-state index contributed by atoms with van der Waals surface area (Å²) in [6, 6.07) is 5.60. The van der Waals surface area contributed by atoms with Crippen LogP contribution in [0.4, 0.5) is 11.5 Å². The fourth-order valence-corrected chi connectivity index (χ4v) is 1.86. The van der Waals surface area contributed by atoms with Crippen molar-refractivity contribution in [1.82, 2.24) is 9.97 Å². The van der Waals surface area contributed by atoms with E-state index in [4.69, 9.17) is 11.6 Å². The molecule has 5 nitrogen and oxygen atoms in total. The Morgan fingerprint density at radius 1 is 1.24 bits per heavy atom. The highest BCUT2D eigenvalue weighted by atomic mass is 35.5. The molecule has 1 aromatic carbocycles. The molecule has 0 aliphatic carbocycles. The van der Waals surface area contributed by atoms with Crippen LogP contribution in [-0.2, 0) is 0 Å². The summed E-state index contributed by atoms with van der Waals surface area (Å²) in [6.07, 6.45) is 2.98. The number of benzene rings is 1. The molecule has 0 unspecified atom stereocenters. The molecule has 21 heavy (non-hydrogen) atoms. The number of hydrogen-bond donors (Lipinski definition) is 2. The Hall–Kier alpha value is -2.14. The highest BCUT2D eigenvalue weighted by molar-refractivity contribution is 6.31. The summed E-state index contributed by atoms with van der Waals surface area (Å²) in [5.41, 5.74) is 1.83. The van der Waals surface area contributed by atoms with Gasteiger partial charge in [-0.2, -0.15) is 0 Å². The van der Waals surface area contributed by atoms with E-state index in [2.05, 4.69) is 20.6 Å². The first-order valence-corrected chi connectivity index (χ1v) is 6.99. The molecule has 0 spiro atoms. The Morgan fingerprint density at radius 2 is 2.00 bits per heavy atom. The second-order valence-corrected chi connectivity index (χ2v) is 5.41. The van der Waals surface area contributed by atoms with Crippen LogP contribution < -0.4 is 10.6 Å². The van der Waals surface area contributed by atoms with Crippen molar-refractivity contribution >= 4 is 29.0 Å². The lowest BCUT2D eigenvalue weighted by Crippen LogP contribution is -2.16. The Balaban J connectivity index is 2.07. The zero-order valence-electron chi connectivity index (χ0n) is 12.1. The molecule has 0 bridgehead atoms. The number of carbonyl (C=O) groups is 1. The summed E-state index contributed by atoms with van der Waals surface area (Å²) in [5, 5.41) is 6.46. The second kappa shape index (κ2) is 6.54. The van der Waals surface area contributed by atoms with Gasteiger partial charge in [0.25, 0.3) is 5.91 Å². The number of aromatic nitrogens is 2. The van der Waals surface area contributed by atoms with Gasteiger partial charge in [-0.1, -0.05) is 17.7 Å². The fourth-order valence-electron chi connectivity index (χ4n) is 1.68. The standard InChI is InChI=1S/C15H17ClN4O/c1-9(2)19-14-8-17-13(7-18-14)15(21)20-11-5-4-10(3)12(16)6-11/h4-9H,1-3H3,(H,18,19)(H,20,21). The fraction of sp³-hybridized carbons (Fsp3) is 0.267. The lowest BCUT2D eigenvalue weighted by Gasteiger charge is -2.09. The molecule has 1 aromatic heterocycles. The Kier molecular flexibility index (Phi) is 4.75. The number of amides is 1. The van der Waals surface area contributed by atoms with Crippen LogP contribution in [0.3, 0.4) is 0 Å². The van der Waals surface area contributed by atoms with E-state index >= 15 is 0 Å². The average molecular weight is 305 g/mol. The third-order valence-corrected chi connectivity index (χ3v) is 3.16. The van der Waals surface area contributed by atoms with E-state index in [1.165, 1.54) is 12.4 Å². The zero-order chi connectivity index (χ0) is 15.4. The molecule has 0 saturated carbocycles. The molecule has 1 amide bonds. The van der Waals surface area contributed by atoms with Crippen LogP contribution in [-0.4, -0.2) is 21.9 Å². The summed E-state index contributed by atoms with van der Waals surface area (Å²) in [6.45, 7) is 5.91. The van der Waals surface area contributed by atoms with Gasteiger partial charge < -0.3 is 10.6 Å². The maximum Gasteiger partial charge on any atom is 0.275 e. The maximum absolute atomic E-state index is 12.1. The SMILES string of the molecule is Cc1ccc(NC(=O)c2cnc(NC(C)C)cn2)cc1Cl. The predicted molar refractivity (Wildman–Crippen MR) is 84.9 cm³/mol. The third kappa shape index (κ3) is 4.16. The number of nitrogens with zero attached hydrogens (tertiary/aromatic N) is 2. The summed E-state index contributed by atoms with van der Waals surface area (Å²) in [5.74, 6) is 0.318. The van der Waals surface area contributed by atoms with E-state index < -0.39 is 0 Å². The van der Waals surface area contributed by atoms with Gasteiger partial charge in [0.15, 0.2) is 0 Å². The van der Waals surface area contributed by atoms with E-state index in [0.717, 1.165) is 5.56 Å². The lowest BCUT2D eigenvalue weighted by atomic mass is 10.2. The van der Waals surface area contributed by atoms with Crippen LogP contribution in [0.25, 0.3) is 0 Å². The van der Waals surface area contributed by atoms with Gasteiger partial charge in [-0.3, -0.25) is 4.79 Å². The quantitative estimate of drug-likeness (QED) is 0.907. The van der Waals surface area contributed by atoms with Gasteiger partial charge in [-0.05, 0) is 38.5 Å².